The van der Waals surface area contributed by atoms with E-state index >= 15 is 0 Å². The van der Waals surface area contributed by atoms with Gasteiger partial charge in [0.25, 0.3) is 0 Å². The minimum atomic E-state index is -6.03. The van der Waals surface area contributed by atoms with Crippen LogP contribution < -0.4 is 16.8 Å². The van der Waals surface area contributed by atoms with Crippen molar-refractivity contribution < 1.29 is 83.7 Å². The molecular weight excluding hydrogens is 943 g/mol. The number of hydrogen-bond donors (Lipinski definition) is 8. The van der Waals surface area contributed by atoms with Crippen LogP contribution in [0.25, 0.3) is 0 Å². The molecule has 0 spiro atoms. The molecule has 1 heterocycles. The number of nitrogens with two attached hydrogens (primary N) is 2. The molecule has 3 aromatic carbocycles. The number of alkyl halides is 7. The molecule has 4 rings (SSSR count). The maximum Gasteiger partial charge on any atom is 0.442 e. The number of hydrogen-bond acceptors (Lipinski definition) is 9. The second kappa shape index (κ2) is 18.0. The van der Waals surface area contributed by atoms with Gasteiger partial charge in [-0.1, -0.05) is 64.5 Å². The fourth-order valence-corrected chi connectivity index (χ4v) is 7.37. The van der Waals surface area contributed by atoms with Gasteiger partial charge in [-0.3, -0.25) is 28.3 Å². The number of halogens is 8. The summed E-state index contributed by atoms with van der Waals surface area (Å²) in [6.07, 6.45) is -7.47. The number of nitrogens with zero attached hydrogens (tertiary/aromatic N) is 3. The number of nitrogens with one attached hydrogen (secondary N) is 1. The lowest BCUT2D eigenvalue weighted by atomic mass is 9.97. The van der Waals surface area contributed by atoms with Crippen LogP contribution in [0, 0.1) is 0 Å². The van der Waals surface area contributed by atoms with Crippen LogP contribution in [0.15, 0.2) is 81.4 Å². The highest BCUT2D eigenvalue weighted by Gasteiger charge is 2.65. The molecule has 0 saturated carbocycles. The van der Waals surface area contributed by atoms with E-state index in [1.807, 2.05) is 0 Å². The molecule has 1 aliphatic rings. The van der Waals surface area contributed by atoms with E-state index in [2.05, 4.69) is 31.5 Å². The Hall–Kier alpha value is -4.61. The second-order valence-corrected chi connectivity index (χ2v) is 17.9. The van der Waals surface area contributed by atoms with Gasteiger partial charge in [-0.15, -0.1) is 10.2 Å². The number of carbonyl (C=O) groups is 4. The predicted octanol–water partition coefficient (Wildman–Crippen LogP) is 4.43. The summed E-state index contributed by atoms with van der Waals surface area (Å²) >= 11 is 3.08. The Morgan fingerprint density at radius 2 is 1.26 bits per heavy atom. The van der Waals surface area contributed by atoms with E-state index in [1.165, 1.54) is 6.07 Å². The van der Waals surface area contributed by atoms with E-state index in [1.54, 1.807) is 0 Å². The molecule has 0 unspecified atom stereocenters. The number of carboxylic acid groups (broad SMARTS) is 1. The summed E-state index contributed by atoms with van der Waals surface area (Å²) in [6.45, 7) is -0.813. The summed E-state index contributed by atoms with van der Waals surface area (Å²) < 4.78 is 123. The Morgan fingerprint density at radius 3 is 1.67 bits per heavy atom. The lowest BCUT2D eigenvalue weighted by Crippen LogP contribution is -2.57. The highest BCUT2D eigenvalue weighted by atomic mass is 79.9. The Balaban J connectivity index is 1.84. The molecule has 0 aliphatic carbocycles. The average Bonchev–Trinajstić information content (AvgIpc) is 3.97. The highest BCUT2D eigenvalue weighted by molar-refractivity contribution is 9.10. The fraction of sp³-hybridized carbons (Fsp3) is 0.353. The number of primary amides is 1. The minimum absolute atomic E-state index is 0.00743. The molecule has 3 atom stereocenters. The Labute approximate surface area is 347 Å². The number of carboxylic acids is 1. The minimum Gasteiger partial charge on any atom is -0.481 e. The zero-order valence-corrected chi connectivity index (χ0v) is 34.1. The summed E-state index contributed by atoms with van der Waals surface area (Å²) in [6, 6.07) is 3.86. The van der Waals surface area contributed by atoms with Gasteiger partial charge in [0.05, 0.1) is 6.04 Å². The third-order valence-corrected chi connectivity index (χ3v) is 11.7. The standard InChI is InChI=1S/C34H34BrF7N6O11P2/c35-23-12-19(11-22(15-23)31(46-47-31)34(40,41)42)16-48(26(28(44)51)14-18-3-7-21(8-4-18)33(38,39)61(57,58)59)30(53)25(45-29(52)24(43)9-10-27(49)50)13-17-1-5-20(6-2-17)32(36,37)60(54,55)56/h1-8,11-12,15,24-26H,9-10,13-14,16,43H2,(H2,44,51)(H,45,52)(H,49,50)(H2,54,55,56)(H2,57,58,59)/t24-,25-,26-/m0/s1. The SMILES string of the molecule is NC(=O)[C@H](Cc1ccc(C(F)(F)P(=O)(O)O)cc1)N(Cc1cc(Br)cc(C2(C(F)(F)F)N=N2)c1)C(=O)[C@H](Cc1ccc(C(F)(F)P(=O)(O)O)cc1)NC(=O)[C@@H](N)CCC(=O)O. The molecule has 27 heteroatoms. The number of benzene rings is 3. The number of amides is 3. The largest absolute Gasteiger partial charge is 0.481 e. The van der Waals surface area contributed by atoms with Crippen LogP contribution in [0.2, 0.25) is 0 Å². The number of aliphatic carboxylic acids is 1. The molecule has 3 amide bonds. The second-order valence-electron chi connectivity index (χ2n) is 13.7. The van der Waals surface area contributed by atoms with E-state index < -0.39 is 129 Å². The van der Waals surface area contributed by atoms with Crippen LogP contribution in [-0.4, -0.2) is 77.6 Å². The molecule has 1 aliphatic heterocycles. The first-order chi connectivity index (χ1) is 27.9. The molecule has 0 fully saturated rings. The summed E-state index contributed by atoms with van der Waals surface area (Å²) in [7, 11) is -12.1. The molecule has 0 radical (unpaired) electrons. The molecule has 3 aromatic rings. The molecule has 61 heavy (non-hydrogen) atoms. The van der Waals surface area contributed by atoms with Crippen LogP contribution in [0.1, 0.15) is 46.2 Å². The van der Waals surface area contributed by atoms with E-state index in [-0.39, 0.29) is 21.2 Å². The van der Waals surface area contributed by atoms with Gasteiger partial charge < -0.3 is 46.4 Å². The average molecular weight is 978 g/mol. The molecule has 10 N–H and O–H groups in total. The summed E-state index contributed by atoms with van der Waals surface area (Å²) in [5, 5.41) is 17.7. The van der Waals surface area contributed by atoms with Crippen LogP contribution in [0.5, 0.6) is 0 Å². The van der Waals surface area contributed by atoms with Gasteiger partial charge in [-0.05, 0) is 41.3 Å². The molecule has 17 nitrogen and oxygen atoms in total. The van der Waals surface area contributed by atoms with Crippen molar-refractivity contribution in [2.24, 2.45) is 21.7 Å². The monoisotopic (exact) mass is 976 g/mol. The first kappa shape index (κ1) is 49.0. The molecule has 0 aromatic heterocycles. The van der Waals surface area contributed by atoms with Crippen molar-refractivity contribution in [1.82, 2.24) is 10.2 Å². The van der Waals surface area contributed by atoms with Gasteiger partial charge in [0.1, 0.15) is 12.1 Å². The lowest BCUT2D eigenvalue weighted by molar-refractivity contribution is -0.166. The van der Waals surface area contributed by atoms with Crippen molar-refractivity contribution in [3.8, 4) is 0 Å². The van der Waals surface area contributed by atoms with Gasteiger partial charge in [-0.25, -0.2) is 0 Å². The van der Waals surface area contributed by atoms with Crippen LogP contribution in [0.4, 0.5) is 30.7 Å². The van der Waals surface area contributed by atoms with E-state index in [0.29, 0.717) is 29.2 Å². The van der Waals surface area contributed by atoms with Crippen molar-refractivity contribution >= 4 is 54.8 Å². The molecular formula is C34H34BrF7N6O11P2. The Kier molecular flexibility index (Phi) is 14.5. The van der Waals surface area contributed by atoms with Crippen molar-refractivity contribution in [3.63, 3.8) is 0 Å². The van der Waals surface area contributed by atoms with Gasteiger partial charge in [0, 0.05) is 47.0 Å². The summed E-state index contributed by atoms with van der Waals surface area (Å²) in [5.74, 6) is -5.09. The third kappa shape index (κ3) is 11.3. The van der Waals surface area contributed by atoms with Crippen LogP contribution in [0.3, 0.4) is 0 Å². The lowest BCUT2D eigenvalue weighted by Gasteiger charge is -2.34. The smallest absolute Gasteiger partial charge is 0.442 e. The zero-order valence-electron chi connectivity index (χ0n) is 30.7. The summed E-state index contributed by atoms with van der Waals surface area (Å²) in [5.41, 5.74) is -3.81. The topological polar surface area (TPSA) is 296 Å². The quantitative estimate of drug-likeness (QED) is 0.0612. The third-order valence-electron chi connectivity index (χ3n) is 9.22. The Morgan fingerprint density at radius 1 is 0.787 bits per heavy atom. The van der Waals surface area contributed by atoms with Crippen molar-refractivity contribution in [1.29, 1.82) is 0 Å². The first-order valence-electron chi connectivity index (χ1n) is 17.2. The first-order valence-corrected chi connectivity index (χ1v) is 21.2. The van der Waals surface area contributed by atoms with Gasteiger partial charge in [0.15, 0.2) is 0 Å². The van der Waals surface area contributed by atoms with Gasteiger partial charge >= 0.3 is 44.3 Å². The van der Waals surface area contributed by atoms with Crippen molar-refractivity contribution in [3.05, 3.63) is 105 Å². The van der Waals surface area contributed by atoms with Gasteiger partial charge in [-0.2, -0.15) is 30.7 Å². The number of carbonyl (C=O) groups excluding carboxylic acids is 3. The normalized spacial score (nSPS) is 15.7. The van der Waals surface area contributed by atoms with E-state index in [0.717, 1.165) is 36.4 Å². The zero-order chi connectivity index (χ0) is 46.1. The highest BCUT2D eigenvalue weighted by Crippen LogP contribution is 2.60. The van der Waals surface area contributed by atoms with Crippen molar-refractivity contribution in [2.75, 3.05) is 0 Å². The van der Waals surface area contributed by atoms with Crippen LogP contribution in [-0.2, 0) is 64.7 Å². The van der Waals surface area contributed by atoms with E-state index in [4.69, 9.17) is 36.1 Å². The maximum atomic E-state index is 14.7. The molecule has 0 saturated heterocycles. The fourth-order valence-electron chi connectivity index (χ4n) is 5.86. The number of rotatable bonds is 19. The Bertz CT molecular complexity index is 2290. The van der Waals surface area contributed by atoms with Gasteiger partial charge in [0.2, 0.25) is 17.7 Å². The summed E-state index contributed by atoms with van der Waals surface area (Å²) in [4.78, 5) is 89.6. The molecule has 0 bridgehead atoms. The van der Waals surface area contributed by atoms with Crippen LogP contribution >= 0.6 is 31.1 Å². The van der Waals surface area contributed by atoms with E-state index in [9.17, 15) is 59.0 Å². The maximum absolute atomic E-state index is 14.7. The predicted molar refractivity (Wildman–Crippen MR) is 199 cm³/mol. The molecule has 332 valence electrons. The van der Waals surface area contributed by atoms with Crippen molar-refractivity contribution in [2.45, 2.75) is 73.5 Å².